The van der Waals surface area contributed by atoms with Gasteiger partial charge in [0.1, 0.15) is 12.3 Å². The van der Waals surface area contributed by atoms with Crippen LogP contribution in [0.15, 0.2) is 0 Å². The van der Waals surface area contributed by atoms with E-state index in [0.717, 1.165) is 19.3 Å². The number of hydrogen-bond donors (Lipinski definition) is 3. The van der Waals surface area contributed by atoms with E-state index in [4.69, 9.17) is 5.11 Å². The van der Waals surface area contributed by atoms with E-state index in [9.17, 15) is 19.2 Å². The summed E-state index contributed by atoms with van der Waals surface area (Å²) in [7, 11) is 3.83. The van der Waals surface area contributed by atoms with Crippen LogP contribution >= 0.6 is 21.6 Å². The highest BCUT2D eigenvalue weighted by Crippen LogP contribution is 2.39. The average Bonchev–Trinajstić information content (AvgIpc) is 3.08. The van der Waals surface area contributed by atoms with Gasteiger partial charge in [-0.1, -0.05) is 28.0 Å². The van der Waals surface area contributed by atoms with Crippen molar-refractivity contribution in [1.29, 1.82) is 0 Å². The third-order valence-corrected chi connectivity index (χ3v) is 6.85. The van der Waals surface area contributed by atoms with Crippen LogP contribution in [0, 0.1) is 0 Å². The van der Waals surface area contributed by atoms with Gasteiger partial charge in [-0.3, -0.25) is 14.4 Å². The first-order chi connectivity index (χ1) is 11.9. The Morgan fingerprint density at radius 1 is 1.24 bits per heavy atom. The molecule has 0 aromatic carbocycles. The van der Waals surface area contributed by atoms with Crippen molar-refractivity contribution in [2.24, 2.45) is 0 Å². The minimum absolute atomic E-state index is 0.0305. The van der Waals surface area contributed by atoms with E-state index >= 15 is 0 Å². The van der Waals surface area contributed by atoms with Crippen LogP contribution in [0.2, 0.25) is 0 Å². The van der Waals surface area contributed by atoms with Crippen molar-refractivity contribution in [3.63, 3.8) is 0 Å². The molecule has 7 nitrogen and oxygen atoms in total. The molecule has 3 unspecified atom stereocenters. The zero-order valence-corrected chi connectivity index (χ0v) is 16.0. The molecule has 1 heterocycles. The van der Waals surface area contributed by atoms with Crippen LogP contribution in [-0.4, -0.2) is 52.3 Å². The maximum atomic E-state index is 12.0. The zero-order chi connectivity index (χ0) is 18.7. The topological polar surface area (TPSA) is 113 Å². The third kappa shape index (κ3) is 9.74. The number of amides is 2. The fraction of sp³-hybridized carbons (Fsp3) is 0.750. The molecule has 1 saturated heterocycles. The first-order valence-corrected chi connectivity index (χ1v) is 10.9. The van der Waals surface area contributed by atoms with Gasteiger partial charge in [0, 0.05) is 23.8 Å². The Bertz CT molecular complexity index is 469. The lowest BCUT2D eigenvalue weighted by atomic mass is 10.1. The van der Waals surface area contributed by atoms with E-state index in [2.05, 4.69) is 10.6 Å². The van der Waals surface area contributed by atoms with Gasteiger partial charge in [-0.2, -0.15) is 0 Å². The van der Waals surface area contributed by atoms with Crippen molar-refractivity contribution in [2.75, 3.05) is 5.75 Å². The molecule has 0 aromatic rings. The highest BCUT2D eigenvalue weighted by atomic mass is 33.1. The summed E-state index contributed by atoms with van der Waals surface area (Å²) in [6, 6.07) is -1.62. The second kappa shape index (κ2) is 12.2. The van der Waals surface area contributed by atoms with Gasteiger partial charge in [-0.05, 0) is 32.6 Å². The van der Waals surface area contributed by atoms with E-state index in [0.29, 0.717) is 18.0 Å². The molecule has 2 amide bonds. The molecule has 1 aliphatic rings. The molecule has 9 heteroatoms. The Morgan fingerprint density at radius 3 is 2.60 bits per heavy atom. The van der Waals surface area contributed by atoms with E-state index in [1.54, 1.807) is 6.92 Å². The fourth-order valence-electron chi connectivity index (χ4n) is 2.36. The second-order valence-corrected chi connectivity index (χ2v) is 8.83. The number of carbonyl (C=O) groups is 4. The molecule has 1 rings (SSSR count). The third-order valence-electron chi connectivity index (χ3n) is 3.84. The van der Waals surface area contributed by atoms with Crippen LogP contribution < -0.4 is 10.6 Å². The summed E-state index contributed by atoms with van der Waals surface area (Å²) in [5.41, 5.74) is 0. The standard InChI is InChI=1S/C16H26N2O5S2/c1-11(16(23)18-12(10-19)6-7-15(21)22)17-14(20)5-3-2-4-13-8-9-24-25-13/h10-13H,2-9H2,1H3,(H,17,20)(H,18,23)(H,21,22). The quantitative estimate of drug-likeness (QED) is 0.264. The first-order valence-electron chi connectivity index (χ1n) is 8.47. The number of carboxylic acid groups (broad SMARTS) is 1. The summed E-state index contributed by atoms with van der Waals surface area (Å²) in [6.45, 7) is 1.54. The number of unbranched alkanes of at least 4 members (excludes halogenated alkanes) is 1. The van der Waals surface area contributed by atoms with E-state index in [1.165, 1.54) is 12.2 Å². The molecule has 0 aromatic heterocycles. The van der Waals surface area contributed by atoms with Crippen LogP contribution in [-0.2, 0) is 19.2 Å². The number of rotatable bonds is 12. The summed E-state index contributed by atoms with van der Waals surface area (Å²) < 4.78 is 0. The maximum absolute atomic E-state index is 12.0. The van der Waals surface area contributed by atoms with Gasteiger partial charge >= 0.3 is 5.97 Å². The minimum atomic E-state index is -1.03. The molecule has 0 radical (unpaired) electrons. The van der Waals surface area contributed by atoms with Gasteiger partial charge in [-0.25, -0.2) is 0 Å². The number of aldehydes is 1. The Balaban J connectivity index is 2.19. The lowest BCUT2D eigenvalue weighted by Gasteiger charge is -2.17. The molecular formula is C16H26N2O5S2. The van der Waals surface area contributed by atoms with Crippen molar-refractivity contribution in [1.82, 2.24) is 10.6 Å². The number of carbonyl (C=O) groups excluding carboxylic acids is 3. The Hall–Kier alpha value is -1.22. The largest absolute Gasteiger partial charge is 0.481 e. The van der Waals surface area contributed by atoms with Crippen LogP contribution in [0.3, 0.4) is 0 Å². The van der Waals surface area contributed by atoms with Gasteiger partial charge < -0.3 is 20.5 Å². The predicted octanol–water partition coefficient (Wildman–Crippen LogP) is 1.75. The molecular weight excluding hydrogens is 364 g/mol. The smallest absolute Gasteiger partial charge is 0.303 e. The van der Waals surface area contributed by atoms with Crippen molar-refractivity contribution in [3.8, 4) is 0 Å². The number of aliphatic carboxylic acids is 1. The van der Waals surface area contributed by atoms with E-state index in [-0.39, 0.29) is 18.7 Å². The van der Waals surface area contributed by atoms with E-state index < -0.39 is 24.0 Å². The van der Waals surface area contributed by atoms with Crippen molar-refractivity contribution < 1.29 is 24.3 Å². The fourth-order valence-corrected chi connectivity index (χ4v) is 5.39. The molecule has 0 spiro atoms. The van der Waals surface area contributed by atoms with Crippen LogP contribution in [0.5, 0.6) is 0 Å². The summed E-state index contributed by atoms with van der Waals surface area (Å²) in [6.07, 6.45) is 4.84. The average molecular weight is 391 g/mol. The molecule has 142 valence electrons. The molecule has 0 bridgehead atoms. The summed E-state index contributed by atoms with van der Waals surface area (Å²) in [5.74, 6) is -0.506. The first kappa shape index (κ1) is 21.8. The number of nitrogens with one attached hydrogen (secondary N) is 2. The predicted molar refractivity (Wildman–Crippen MR) is 99.4 cm³/mol. The molecule has 1 fully saturated rings. The Labute approximate surface area is 155 Å². The Kier molecular flexibility index (Phi) is 10.6. The molecule has 0 aliphatic carbocycles. The van der Waals surface area contributed by atoms with Gasteiger partial charge in [0.05, 0.1) is 6.04 Å². The SMILES string of the molecule is CC(NC(=O)CCCCC1CCSS1)C(=O)NC(C=O)CCC(=O)O. The monoisotopic (exact) mass is 390 g/mol. The highest BCUT2D eigenvalue weighted by molar-refractivity contribution is 8.77. The van der Waals surface area contributed by atoms with Crippen molar-refractivity contribution >= 4 is 45.7 Å². The number of hydrogen-bond acceptors (Lipinski definition) is 6. The highest BCUT2D eigenvalue weighted by Gasteiger charge is 2.20. The van der Waals surface area contributed by atoms with Crippen molar-refractivity contribution in [2.45, 2.75) is 69.2 Å². The van der Waals surface area contributed by atoms with E-state index in [1.807, 2.05) is 21.6 Å². The van der Waals surface area contributed by atoms with Crippen molar-refractivity contribution in [3.05, 3.63) is 0 Å². The zero-order valence-electron chi connectivity index (χ0n) is 14.4. The molecule has 1 aliphatic heterocycles. The van der Waals surface area contributed by atoms with Gasteiger partial charge in [0.15, 0.2) is 0 Å². The Morgan fingerprint density at radius 2 is 2.00 bits per heavy atom. The van der Waals surface area contributed by atoms with Crippen LogP contribution in [0.25, 0.3) is 0 Å². The second-order valence-electron chi connectivity index (χ2n) is 6.05. The summed E-state index contributed by atoms with van der Waals surface area (Å²) >= 11 is 0. The summed E-state index contributed by atoms with van der Waals surface area (Å²) in [4.78, 5) is 45.2. The van der Waals surface area contributed by atoms with Gasteiger partial charge in [0.2, 0.25) is 11.8 Å². The van der Waals surface area contributed by atoms with Gasteiger partial charge in [-0.15, -0.1) is 0 Å². The number of carboxylic acids is 1. The van der Waals surface area contributed by atoms with Gasteiger partial charge in [0.25, 0.3) is 0 Å². The van der Waals surface area contributed by atoms with Crippen LogP contribution in [0.1, 0.15) is 51.9 Å². The molecule has 25 heavy (non-hydrogen) atoms. The minimum Gasteiger partial charge on any atom is -0.481 e. The van der Waals surface area contributed by atoms with Crippen LogP contribution in [0.4, 0.5) is 0 Å². The molecule has 0 saturated carbocycles. The molecule has 3 N–H and O–H groups in total. The lowest BCUT2D eigenvalue weighted by molar-refractivity contribution is -0.137. The summed E-state index contributed by atoms with van der Waals surface area (Å²) in [5, 5.41) is 14.4. The normalized spacial score (nSPS) is 19.0. The molecule has 3 atom stereocenters. The maximum Gasteiger partial charge on any atom is 0.303 e. The lowest BCUT2D eigenvalue weighted by Crippen LogP contribution is -2.48.